The molecule has 0 radical (unpaired) electrons. The first-order chi connectivity index (χ1) is 11.7. The molecule has 7 heteroatoms. The molecule has 0 saturated carbocycles. The van der Waals surface area contributed by atoms with Crippen molar-refractivity contribution in [2.24, 2.45) is 0 Å². The van der Waals surface area contributed by atoms with Crippen molar-refractivity contribution in [2.75, 3.05) is 12.3 Å². The molecule has 0 spiro atoms. The summed E-state index contributed by atoms with van der Waals surface area (Å²) in [7, 11) is 0. The maximum absolute atomic E-state index is 13.1. The Morgan fingerprint density at radius 1 is 1.33 bits per heavy atom. The Morgan fingerprint density at radius 3 is 2.88 bits per heavy atom. The number of terminal acetylenes is 1. The maximum Gasteiger partial charge on any atom is 0.231 e. The predicted octanol–water partition coefficient (Wildman–Crippen LogP) is 3.34. The highest BCUT2D eigenvalue weighted by molar-refractivity contribution is 8.00. The Morgan fingerprint density at radius 2 is 2.12 bits per heavy atom. The van der Waals surface area contributed by atoms with Crippen molar-refractivity contribution in [1.82, 2.24) is 15.3 Å². The lowest BCUT2D eigenvalue weighted by Crippen LogP contribution is -2.25. The molecular weight excluding hydrogens is 345 g/mol. The SMILES string of the molecule is C#CCNC(=O)CSc1ncnc2cc(-c3ccc(F)cc3)sc12. The Hall–Kier alpha value is -2.43. The van der Waals surface area contributed by atoms with Gasteiger partial charge in [-0.1, -0.05) is 29.8 Å². The molecule has 3 rings (SSSR count). The lowest BCUT2D eigenvalue weighted by Gasteiger charge is -2.02. The molecule has 0 unspecified atom stereocenters. The van der Waals surface area contributed by atoms with E-state index in [1.807, 2.05) is 6.07 Å². The van der Waals surface area contributed by atoms with Crippen LogP contribution >= 0.6 is 23.1 Å². The number of nitrogens with one attached hydrogen (secondary N) is 1. The smallest absolute Gasteiger partial charge is 0.231 e. The van der Waals surface area contributed by atoms with E-state index >= 15 is 0 Å². The van der Waals surface area contributed by atoms with Gasteiger partial charge in [-0.05, 0) is 23.8 Å². The zero-order valence-electron chi connectivity index (χ0n) is 12.5. The fourth-order valence-corrected chi connectivity index (χ4v) is 4.06. The predicted molar refractivity (Wildman–Crippen MR) is 95.4 cm³/mol. The van der Waals surface area contributed by atoms with E-state index in [9.17, 15) is 9.18 Å². The molecular formula is C17H12FN3OS2. The first kappa shape index (κ1) is 16.4. The maximum atomic E-state index is 13.1. The number of nitrogens with zero attached hydrogens (tertiary/aromatic N) is 2. The fourth-order valence-electron chi connectivity index (χ4n) is 2.03. The molecule has 120 valence electrons. The molecule has 24 heavy (non-hydrogen) atoms. The minimum Gasteiger partial charge on any atom is -0.344 e. The van der Waals surface area contributed by atoms with Crippen LogP contribution < -0.4 is 5.32 Å². The molecule has 3 aromatic rings. The zero-order valence-corrected chi connectivity index (χ0v) is 14.1. The topological polar surface area (TPSA) is 54.9 Å². The first-order valence-corrected chi connectivity index (χ1v) is 8.81. The van der Waals surface area contributed by atoms with Gasteiger partial charge in [0.05, 0.1) is 22.5 Å². The van der Waals surface area contributed by atoms with Gasteiger partial charge in [0.2, 0.25) is 5.91 Å². The third kappa shape index (κ3) is 3.72. The van der Waals surface area contributed by atoms with Gasteiger partial charge in [-0.3, -0.25) is 4.79 Å². The third-order valence-corrected chi connectivity index (χ3v) is 5.43. The number of thioether (sulfide) groups is 1. The van der Waals surface area contributed by atoms with Crippen LogP contribution in [0.3, 0.4) is 0 Å². The lowest BCUT2D eigenvalue weighted by molar-refractivity contribution is -0.118. The summed E-state index contributed by atoms with van der Waals surface area (Å²) in [5.74, 6) is 2.19. The first-order valence-electron chi connectivity index (χ1n) is 7.01. The highest BCUT2D eigenvalue weighted by Gasteiger charge is 2.12. The summed E-state index contributed by atoms with van der Waals surface area (Å²) < 4.78 is 14.0. The van der Waals surface area contributed by atoms with Gasteiger partial charge in [0, 0.05) is 4.88 Å². The fraction of sp³-hybridized carbons (Fsp3) is 0.118. The summed E-state index contributed by atoms with van der Waals surface area (Å²) in [6.07, 6.45) is 6.59. The van der Waals surface area contributed by atoms with Crippen molar-refractivity contribution in [3.63, 3.8) is 0 Å². The number of carbonyl (C=O) groups excluding carboxylic acids is 1. The highest BCUT2D eigenvalue weighted by Crippen LogP contribution is 2.36. The van der Waals surface area contributed by atoms with Crippen LogP contribution in [-0.2, 0) is 4.79 Å². The monoisotopic (exact) mass is 357 g/mol. The molecule has 0 aliphatic heterocycles. The Bertz CT molecular complexity index is 916. The van der Waals surface area contributed by atoms with Crippen LogP contribution in [0, 0.1) is 18.2 Å². The van der Waals surface area contributed by atoms with Crippen LogP contribution in [0.2, 0.25) is 0 Å². The summed E-state index contributed by atoms with van der Waals surface area (Å²) in [4.78, 5) is 21.2. The Balaban J connectivity index is 1.83. The minimum atomic E-state index is -0.270. The average molecular weight is 357 g/mol. The minimum absolute atomic E-state index is 0.139. The van der Waals surface area contributed by atoms with Crippen molar-refractivity contribution in [3.8, 4) is 22.8 Å². The van der Waals surface area contributed by atoms with Crippen molar-refractivity contribution < 1.29 is 9.18 Å². The number of hydrogen-bond donors (Lipinski definition) is 1. The molecule has 1 N–H and O–H groups in total. The number of amides is 1. The molecule has 2 aromatic heterocycles. The molecule has 2 heterocycles. The van der Waals surface area contributed by atoms with Crippen LogP contribution in [0.25, 0.3) is 20.7 Å². The van der Waals surface area contributed by atoms with Crippen LogP contribution in [0.15, 0.2) is 41.7 Å². The molecule has 0 saturated heterocycles. The molecule has 0 atom stereocenters. The van der Waals surface area contributed by atoms with Gasteiger partial charge in [0.1, 0.15) is 17.2 Å². The van der Waals surface area contributed by atoms with Crippen LogP contribution in [0.4, 0.5) is 4.39 Å². The van der Waals surface area contributed by atoms with Crippen LogP contribution in [-0.4, -0.2) is 28.2 Å². The van der Waals surface area contributed by atoms with Gasteiger partial charge in [-0.15, -0.1) is 17.8 Å². The van der Waals surface area contributed by atoms with Crippen molar-refractivity contribution in [1.29, 1.82) is 0 Å². The van der Waals surface area contributed by atoms with E-state index < -0.39 is 0 Å². The van der Waals surface area contributed by atoms with Crippen molar-refractivity contribution in [2.45, 2.75) is 5.03 Å². The second-order valence-electron chi connectivity index (χ2n) is 4.78. The van der Waals surface area contributed by atoms with E-state index in [0.29, 0.717) is 0 Å². The highest BCUT2D eigenvalue weighted by atomic mass is 32.2. The Labute approximate surface area is 146 Å². The van der Waals surface area contributed by atoms with Gasteiger partial charge in [0.15, 0.2) is 0 Å². The second-order valence-corrected chi connectivity index (χ2v) is 6.80. The number of rotatable bonds is 5. The summed E-state index contributed by atoms with van der Waals surface area (Å²) in [6.45, 7) is 0.215. The molecule has 1 amide bonds. The number of fused-ring (bicyclic) bond motifs is 1. The van der Waals surface area contributed by atoms with Crippen molar-refractivity contribution >= 4 is 39.2 Å². The van der Waals surface area contributed by atoms with E-state index in [-0.39, 0.29) is 24.0 Å². The van der Waals surface area contributed by atoms with Gasteiger partial charge in [-0.25, -0.2) is 14.4 Å². The molecule has 4 nitrogen and oxygen atoms in total. The van der Waals surface area contributed by atoms with Crippen LogP contribution in [0.5, 0.6) is 0 Å². The van der Waals surface area contributed by atoms with Gasteiger partial charge in [-0.2, -0.15) is 0 Å². The number of thiophene rings is 1. The number of carbonyl (C=O) groups is 1. The molecule has 0 aliphatic rings. The van der Waals surface area contributed by atoms with E-state index in [1.165, 1.54) is 41.6 Å². The number of benzene rings is 1. The quantitative estimate of drug-likeness (QED) is 0.432. The largest absolute Gasteiger partial charge is 0.344 e. The molecule has 0 bridgehead atoms. The van der Waals surface area contributed by atoms with Gasteiger partial charge < -0.3 is 5.32 Å². The zero-order chi connectivity index (χ0) is 16.9. The number of aromatic nitrogens is 2. The summed E-state index contributed by atoms with van der Waals surface area (Å²) in [5.41, 5.74) is 1.72. The van der Waals surface area contributed by atoms with Crippen molar-refractivity contribution in [3.05, 3.63) is 42.5 Å². The molecule has 1 aromatic carbocycles. The summed E-state index contributed by atoms with van der Waals surface area (Å²) >= 11 is 2.86. The second kappa shape index (κ2) is 7.43. The summed E-state index contributed by atoms with van der Waals surface area (Å²) in [5, 5.41) is 3.36. The normalized spacial score (nSPS) is 10.5. The Kier molecular flexibility index (Phi) is 5.08. The van der Waals surface area contributed by atoms with E-state index in [1.54, 1.807) is 12.1 Å². The van der Waals surface area contributed by atoms with Crippen LogP contribution in [0.1, 0.15) is 0 Å². The van der Waals surface area contributed by atoms with E-state index in [0.717, 1.165) is 25.7 Å². The number of hydrogen-bond acceptors (Lipinski definition) is 5. The van der Waals surface area contributed by atoms with E-state index in [2.05, 4.69) is 21.2 Å². The van der Waals surface area contributed by atoms with E-state index in [4.69, 9.17) is 6.42 Å². The molecule has 0 fully saturated rings. The third-order valence-electron chi connectivity index (χ3n) is 3.13. The summed E-state index contributed by atoms with van der Waals surface area (Å²) in [6, 6.07) is 8.26. The van der Waals surface area contributed by atoms with Gasteiger partial charge >= 0.3 is 0 Å². The number of halogens is 1. The standard InChI is InChI=1S/C17H12FN3OS2/c1-2-7-19-15(22)9-23-17-16-13(20-10-21-17)8-14(24-16)11-3-5-12(18)6-4-11/h1,3-6,8,10H,7,9H2,(H,19,22). The molecule has 0 aliphatic carbocycles. The lowest BCUT2D eigenvalue weighted by atomic mass is 10.2. The van der Waals surface area contributed by atoms with Gasteiger partial charge in [0.25, 0.3) is 0 Å². The average Bonchev–Trinajstić information content (AvgIpc) is 3.03.